The van der Waals surface area contributed by atoms with Gasteiger partial charge in [-0.15, -0.1) is 0 Å². The van der Waals surface area contributed by atoms with E-state index in [0.717, 1.165) is 12.3 Å². The molecule has 3 rings (SSSR count). The predicted octanol–water partition coefficient (Wildman–Crippen LogP) is 1.25. The minimum Gasteiger partial charge on any atom is -0.351 e. The van der Waals surface area contributed by atoms with Gasteiger partial charge in [-0.3, -0.25) is 15.1 Å². The van der Waals surface area contributed by atoms with Gasteiger partial charge in [0.05, 0.1) is 12.4 Å². The zero-order valence-corrected chi connectivity index (χ0v) is 12.5. The van der Waals surface area contributed by atoms with Crippen molar-refractivity contribution in [2.45, 2.75) is 26.3 Å². The number of nitrogens with zero attached hydrogens (tertiary/aromatic N) is 2. The quantitative estimate of drug-likeness (QED) is 0.763. The number of halogens is 3. The Labute approximate surface area is 130 Å². The first kappa shape index (κ1) is 15.8. The number of carbonyl (C=O) groups excluding carboxylic acids is 1. The number of rotatable bonds is 2. The van der Waals surface area contributed by atoms with Crippen molar-refractivity contribution in [3.05, 3.63) is 35.2 Å². The van der Waals surface area contributed by atoms with Gasteiger partial charge >= 0.3 is 6.18 Å². The van der Waals surface area contributed by atoms with Crippen LogP contribution in [-0.2, 0) is 11.0 Å². The molecule has 6 nitrogen and oxygen atoms in total. The maximum absolute atomic E-state index is 12.6. The summed E-state index contributed by atoms with van der Waals surface area (Å²) in [6.45, 7) is 4.14. The molecule has 1 unspecified atom stereocenters. The molecule has 1 atom stereocenters. The second-order valence-corrected chi connectivity index (χ2v) is 5.63. The van der Waals surface area contributed by atoms with Crippen molar-refractivity contribution in [2.24, 2.45) is 5.92 Å². The van der Waals surface area contributed by atoms with Gasteiger partial charge in [0, 0.05) is 17.3 Å². The average Bonchev–Trinajstić information content (AvgIpc) is 2.94. The number of hydrazine groups is 1. The highest BCUT2D eigenvalue weighted by Crippen LogP contribution is 2.31. The minimum atomic E-state index is -4.49. The highest BCUT2D eigenvalue weighted by Gasteiger charge is 2.38. The summed E-state index contributed by atoms with van der Waals surface area (Å²) in [4.78, 5) is 16.1. The van der Waals surface area contributed by atoms with Gasteiger partial charge in [-0.2, -0.15) is 13.2 Å². The van der Waals surface area contributed by atoms with Gasteiger partial charge < -0.3 is 5.32 Å². The lowest BCUT2D eigenvalue weighted by Crippen LogP contribution is -2.56. The molecule has 0 saturated carbocycles. The van der Waals surface area contributed by atoms with Gasteiger partial charge in [0.2, 0.25) is 0 Å². The normalized spacial score (nSPS) is 21.7. The monoisotopic (exact) mass is 327 g/mol. The lowest BCUT2D eigenvalue weighted by atomic mass is 9.95. The van der Waals surface area contributed by atoms with Gasteiger partial charge in [0.1, 0.15) is 5.69 Å². The van der Waals surface area contributed by atoms with E-state index in [0.29, 0.717) is 23.5 Å². The van der Waals surface area contributed by atoms with Crippen LogP contribution in [-0.4, -0.2) is 28.9 Å². The van der Waals surface area contributed by atoms with E-state index in [1.807, 2.05) is 13.8 Å². The van der Waals surface area contributed by atoms with E-state index in [1.54, 1.807) is 0 Å². The van der Waals surface area contributed by atoms with Gasteiger partial charge in [0.25, 0.3) is 5.91 Å². The molecular formula is C14H16F3N5O. The first-order chi connectivity index (χ1) is 10.8. The summed E-state index contributed by atoms with van der Waals surface area (Å²) >= 11 is 0. The minimum absolute atomic E-state index is 0.101. The third-order valence-corrected chi connectivity index (χ3v) is 3.72. The number of nitrogens with one attached hydrogen (secondary N) is 3. The van der Waals surface area contributed by atoms with Gasteiger partial charge in [-0.05, 0) is 18.1 Å². The molecule has 23 heavy (non-hydrogen) atoms. The first-order valence-electron chi connectivity index (χ1n) is 7.14. The van der Waals surface area contributed by atoms with Crippen LogP contribution in [0.4, 0.5) is 13.2 Å². The van der Waals surface area contributed by atoms with Crippen LogP contribution in [0.15, 0.2) is 23.9 Å². The van der Waals surface area contributed by atoms with Crippen LogP contribution in [0.25, 0.3) is 5.70 Å². The molecule has 1 aromatic heterocycles. The molecule has 3 heterocycles. The summed E-state index contributed by atoms with van der Waals surface area (Å²) in [5, 5.41) is 7.61. The van der Waals surface area contributed by atoms with Gasteiger partial charge in [-0.1, -0.05) is 13.8 Å². The highest BCUT2D eigenvalue weighted by molar-refractivity contribution is 6.02. The summed E-state index contributed by atoms with van der Waals surface area (Å²) in [6, 6.07) is 2.24. The van der Waals surface area contributed by atoms with Crippen LogP contribution in [0.2, 0.25) is 0 Å². The molecular weight excluding hydrogens is 311 g/mol. The maximum Gasteiger partial charge on any atom is 0.433 e. The Morgan fingerprint density at radius 2 is 2.09 bits per heavy atom. The number of aromatic nitrogens is 1. The largest absolute Gasteiger partial charge is 0.433 e. The Hall–Kier alpha value is -2.13. The van der Waals surface area contributed by atoms with Gasteiger partial charge in [-0.25, -0.2) is 10.4 Å². The molecule has 2 aliphatic rings. The van der Waals surface area contributed by atoms with Crippen LogP contribution in [0.1, 0.15) is 25.1 Å². The molecule has 0 radical (unpaired) electrons. The van der Waals surface area contributed by atoms with E-state index < -0.39 is 18.2 Å². The van der Waals surface area contributed by atoms with E-state index in [1.165, 1.54) is 11.1 Å². The Bertz CT molecular complexity index is 653. The Morgan fingerprint density at radius 3 is 2.65 bits per heavy atom. The molecule has 1 amide bonds. The number of pyridine rings is 1. The number of hydrogen-bond acceptors (Lipinski definition) is 5. The van der Waals surface area contributed by atoms with E-state index in [9.17, 15) is 18.0 Å². The first-order valence-corrected chi connectivity index (χ1v) is 7.14. The van der Waals surface area contributed by atoms with Crippen molar-refractivity contribution in [1.82, 2.24) is 26.1 Å². The zero-order chi connectivity index (χ0) is 16.8. The van der Waals surface area contributed by atoms with Crippen molar-refractivity contribution < 1.29 is 18.0 Å². The smallest absolute Gasteiger partial charge is 0.351 e. The SMILES string of the molecule is CC(C)C1=C(c2ccc(C(F)(F)F)nc2)NC2NCNN2C1=O. The maximum atomic E-state index is 12.6. The van der Waals surface area contributed by atoms with Crippen LogP contribution < -0.4 is 16.1 Å². The number of amides is 1. The fraction of sp³-hybridized carbons (Fsp3) is 0.429. The van der Waals surface area contributed by atoms with E-state index in [4.69, 9.17) is 0 Å². The molecule has 1 fully saturated rings. The summed E-state index contributed by atoms with van der Waals surface area (Å²) in [6.07, 6.45) is -3.79. The number of alkyl halides is 3. The summed E-state index contributed by atoms with van der Waals surface area (Å²) in [7, 11) is 0. The van der Waals surface area contributed by atoms with E-state index >= 15 is 0 Å². The molecule has 2 aliphatic heterocycles. The molecule has 0 bridgehead atoms. The number of fused-ring (bicyclic) bond motifs is 1. The summed E-state index contributed by atoms with van der Waals surface area (Å²) < 4.78 is 37.9. The molecule has 0 aromatic carbocycles. The standard InChI is InChI=1S/C14H16F3N5O/c1-7(2)10-11(21-13-19-6-20-22(13)12(10)23)8-3-4-9(18-5-8)14(15,16)17/h3-5,7,13,19-21H,6H2,1-2H3. The van der Waals surface area contributed by atoms with Crippen molar-refractivity contribution >= 4 is 11.6 Å². The van der Waals surface area contributed by atoms with Crippen molar-refractivity contribution in [1.29, 1.82) is 0 Å². The van der Waals surface area contributed by atoms with Gasteiger partial charge in [0.15, 0.2) is 6.29 Å². The molecule has 124 valence electrons. The van der Waals surface area contributed by atoms with Crippen LogP contribution in [0.5, 0.6) is 0 Å². The van der Waals surface area contributed by atoms with Crippen LogP contribution >= 0.6 is 0 Å². The van der Waals surface area contributed by atoms with Crippen LogP contribution in [0.3, 0.4) is 0 Å². The molecule has 1 aromatic rings. The van der Waals surface area contributed by atoms with Crippen molar-refractivity contribution in [3.63, 3.8) is 0 Å². The second kappa shape index (κ2) is 5.50. The Kier molecular flexibility index (Phi) is 3.77. The summed E-state index contributed by atoms with van der Waals surface area (Å²) in [5.41, 5.74) is 3.40. The van der Waals surface area contributed by atoms with E-state index in [2.05, 4.69) is 21.0 Å². The lowest BCUT2D eigenvalue weighted by molar-refractivity contribution is -0.141. The fourth-order valence-corrected chi connectivity index (χ4v) is 2.65. The molecule has 0 spiro atoms. The topological polar surface area (TPSA) is 69.3 Å². The third kappa shape index (κ3) is 2.77. The molecule has 9 heteroatoms. The van der Waals surface area contributed by atoms with Crippen molar-refractivity contribution in [3.8, 4) is 0 Å². The second-order valence-electron chi connectivity index (χ2n) is 5.63. The molecule has 0 aliphatic carbocycles. The van der Waals surface area contributed by atoms with Crippen LogP contribution in [0, 0.1) is 5.92 Å². The Balaban J connectivity index is 2.02. The third-order valence-electron chi connectivity index (χ3n) is 3.72. The number of carbonyl (C=O) groups is 1. The lowest BCUT2D eigenvalue weighted by Gasteiger charge is -2.34. The number of hydrogen-bond donors (Lipinski definition) is 3. The Morgan fingerprint density at radius 1 is 1.35 bits per heavy atom. The molecule has 3 N–H and O–H groups in total. The summed E-state index contributed by atoms with van der Waals surface area (Å²) in [5.74, 6) is -0.306. The van der Waals surface area contributed by atoms with Crippen molar-refractivity contribution in [2.75, 3.05) is 6.67 Å². The molecule has 1 saturated heterocycles. The average molecular weight is 327 g/mol. The fourth-order valence-electron chi connectivity index (χ4n) is 2.65. The predicted molar refractivity (Wildman–Crippen MR) is 75.9 cm³/mol. The van der Waals surface area contributed by atoms with E-state index in [-0.39, 0.29) is 11.8 Å². The highest BCUT2D eigenvalue weighted by atomic mass is 19.4. The zero-order valence-electron chi connectivity index (χ0n) is 12.5.